The van der Waals surface area contributed by atoms with E-state index in [1.54, 1.807) is 13.8 Å². The zero-order valence-electron chi connectivity index (χ0n) is 16.4. The Morgan fingerprint density at radius 2 is 2.07 bits per heavy atom. The summed E-state index contributed by atoms with van der Waals surface area (Å²) in [5.74, 6) is 4.13. The summed E-state index contributed by atoms with van der Waals surface area (Å²) in [7, 11) is -3.07. The molecule has 0 bridgehead atoms. The first-order chi connectivity index (χ1) is 12.8. The zero-order valence-corrected chi connectivity index (χ0v) is 17.2. The molecule has 1 aliphatic rings. The number of nitrogens with zero attached hydrogens (tertiary/aromatic N) is 2. The van der Waals surface area contributed by atoms with Crippen molar-refractivity contribution in [3.63, 3.8) is 0 Å². The Morgan fingerprint density at radius 1 is 1.37 bits per heavy atom. The van der Waals surface area contributed by atoms with Crippen LogP contribution in [0.25, 0.3) is 0 Å². The molecule has 0 amide bonds. The number of ether oxygens (including phenoxy) is 1. The molecule has 0 radical (unpaired) electrons. The number of hydrogen-bond donors (Lipinski definition) is 1. The molecule has 148 valence electrons. The molecule has 27 heavy (non-hydrogen) atoms. The fourth-order valence-electron chi connectivity index (χ4n) is 2.92. The van der Waals surface area contributed by atoms with Gasteiger partial charge in [-0.15, -0.1) is 6.42 Å². The molecule has 0 unspecified atom stereocenters. The number of nitrogens with one attached hydrogen (secondary N) is 1. The number of aliphatic imine (C=N–C) groups is 1. The SMILES string of the molecule is C#CCOc1ccc(CCN=C(NCC)N2CCS(=O)(=O)C(C)(C)C2)cc1. The Balaban J connectivity index is 1.98. The fraction of sp³-hybridized carbons (Fsp3) is 0.550. The Kier molecular flexibility index (Phi) is 7.14. The van der Waals surface area contributed by atoms with E-state index in [-0.39, 0.29) is 12.4 Å². The predicted octanol–water partition coefficient (Wildman–Crippen LogP) is 1.72. The quantitative estimate of drug-likeness (QED) is 0.454. The van der Waals surface area contributed by atoms with Crippen LogP contribution >= 0.6 is 0 Å². The van der Waals surface area contributed by atoms with E-state index in [9.17, 15) is 8.42 Å². The van der Waals surface area contributed by atoms with Gasteiger partial charge >= 0.3 is 0 Å². The van der Waals surface area contributed by atoms with Gasteiger partial charge in [0.15, 0.2) is 15.8 Å². The van der Waals surface area contributed by atoms with E-state index in [0.717, 1.165) is 30.2 Å². The second-order valence-corrected chi connectivity index (χ2v) is 9.87. The van der Waals surface area contributed by atoms with Gasteiger partial charge in [0.05, 0.1) is 10.5 Å². The van der Waals surface area contributed by atoms with Crippen molar-refractivity contribution in [2.24, 2.45) is 4.99 Å². The van der Waals surface area contributed by atoms with Crippen LogP contribution in [0.2, 0.25) is 0 Å². The molecule has 1 fully saturated rings. The van der Waals surface area contributed by atoms with Crippen molar-refractivity contribution in [2.75, 3.05) is 38.5 Å². The fourth-order valence-corrected chi connectivity index (χ4v) is 4.28. The highest BCUT2D eigenvalue weighted by Crippen LogP contribution is 2.23. The van der Waals surface area contributed by atoms with Crippen LogP contribution in [0.15, 0.2) is 29.3 Å². The minimum absolute atomic E-state index is 0.156. The van der Waals surface area contributed by atoms with Gasteiger partial charge in [-0.25, -0.2) is 8.42 Å². The molecule has 1 aliphatic heterocycles. The highest BCUT2D eigenvalue weighted by molar-refractivity contribution is 7.92. The Hall–Kier alpha value is -2.20. The van der Waals surface area contributed by atoms with Crippen LogP contribution in [0.4, 0.5) is 0 Å². The zero-order chi connectivity index (χ0) is 19.9. The number of rotatable bonds is 6. The van der Waals surface area contributed by atoms with Gasteiger partial charge in [-0.3, -0.25) is 4.99 Å². The van der Waals surface area contributed by atoms with Gasteiger partial charge in [0.25, 0.3) is 0 Å². The highest BCUT2D eigenvalue weighted by Gasteiger charge is 2.40. The molecule has 1 aromatic carbocycles. The second kappa shape index (κ2) is 9.14. The normalized spacial score (nSPS) is 18.6. The van der Waals surface area contributed by atoms with Crippen LogP contribution in [0.1, 0.15) is 26.3 Å². The largest absolute Gasteiger partial charge is 0.481 e. The number of hydrogen-bond acceptors (Lipinski definition) is 4. The summed E-state index contributed by atoms with van der Waals surface area (Å²) in [5.41, 5.74) is 1.16. The van der Waals surface area contributed by atoms with E-state index >= 15 is 0 Å². The van der Waals surface area contributed by atoms with Crippen molar-refractivity contribution < 1.29 is 13.2 Å². The molecule has 0 aliphatic carbocycles. The van der Waals surface area contributed by atoms with Crippen molar-refractivity contribution in [3.05, 3.63) is 29.8 Å². The van der Waals surface area contributed by atoms with Crippen LogP contribution in [0, 0.1) is 12.3 Å². The summed E-state index contributed by atoms with van der Waals surface area (Å²) >= 11 is 0. The van der Waals surface area contributed by atoms with E-state index in [1.807, 2.05) is 36.1 Å². The smallest absolute Gasteiger partial charge is 0.194 e. The molecule has 7 heteroatoms. The third kappa shape index (κ3) is 5.64. The van der Waals surface area contributed by atoms with Gasteiger partial charge in [-0.1, -0.05) is 18.1 Å². The Bertz CT molecular complexity index is 793. The van der Waals surface area contributed by atoms with E-state index in [2.05, 4.69) is 11.2 Å². The maximum atomic E-state index is 12.2. The molecule has 0 aromatic heterocycles. The summed E-state index contributed by atoms with van der Waals surface area (Å²) in [5, 5.41) is 3.28. The molecule has 0 atom stereocenters. The first-order valence-corrected chi connectivity index (χ1v) is 10.8. The molecular weight excluding hydrogens is 362 g/mol. The third-order valence-electron chi connectivity index (χ3n) is 4.59. The molecule has 2 rings (SSSR count). The molecule has 0 saturated carbocycles. The molecular formula is C20H29N3O3S. The topological polar surface area (TPSA) is 71.0 Å². The number of terminal acetylenes is 1. The summed E-state index contributed by atoms with van der Waals surface area (Å²) in [6.45, 7) is 8.11. The second-order valence-electron chi connectivity index (χ2n) is 7.12. The maximum Gasteiger partial charge on any atom is 0.194 e. The van der Waals surface area contributed by atoms with Crippen molar-refractivity contribution in [1.82, 2.24) is 10.2 Å². The van der Waals surface area contributed by atoms with Crippen molar-refractivity contribution in [2.45, 2.75) is 31.9 Å². The summed E-state index contributed by atoms with van der Waals surface area (Å²) in [4.78, 5) is 6.74. The lowest BCUT2D eigenvalue weighted by atomic mass is 10.1. The number of guanidine groups is 1. The minimum atomic E-state index is -3.07. The number of benzene rings is 1. The molecule has 1 aromatic rings. The first kappa shape index (κ1) is 21.1. The first-order valence-electron chi connectivity index (χ1n) is 9.20. The Morgan fingerprint density at radius 3 is 2.67 bits per heavy atom. The molecule has 1 saturated heterocycles. The van der Waals surface area contributed by atoms with Crippen molar-refractivity contribution >= 4 is 15.8 Å². The predicted molar refractivity (Wildman–Crippen MR) is 110 cm³/mol. The summed E-state index contributed by atoms with van der Waals surface area (Å²) < 4.78 is 29.0. The average Bonchev–Trinajstić information content (AvgIpc) is 2.62. The lowest BCUT2D eigenvalue weighted by molar-refractivity contribution is 0.353. The average molecular weight is 392 g/mol. The van der Waals surface area contributed by atoms with Gasteiger partial charge in [-0.2, -0.15) is 0 Å². The lowest BCUT2D eigenvalue weighted by Gasteiger charge is -2.39. The van der Waals surface area contributed by atoms with Crippen LogP contribution in [-0.2, 0) is 16.3 Å². The van der Waals surface area contributed by atoms with Crippen molar-refractivity contribution in [3.8, 4) is 18.1 Å². The molecule has 1 heterocycles. The maximum absolute atomic E-state index is 12.2. The lowest BCUT2D eigenvalue weighted by Crippen LogP contribution is -2.57. The van der Waals surface area contributed by atoms with E-state index in [4.69, 9.17) is 16.2 Å². The van der Waals surface area contributed by atoms with Gasteiger partial charge in [0.1, 0.15) is 12.4 Å². The van der Waals surface area contributed by atoms with Crippen LogP contribution in [0.5, 0.6) is 5.75 Å². The van der Waals surface area contributed by atoms with Crippen molar-refractivity contribution in [1.29, 1.82) is 0 Å². The van der Waals surface area contributed by atoms with E-state index in [0.29, 0.717) is 19.6 Å². The van der Waals surface area contributed by atoms with E-state index in [1.165, 1.54) is 0 Å². The highest BCUT2D eigenvalue weighted by atomic mass is 32.2. The summed E-state index contributed by atoms with van der Waals surface area (Å²) in [6.07, 6.45) is 5.98. The molecule has 1 N–H and O–H groups in total. The Labute approximate surface area is 162 Å². The van der Waals surface area contributed by atoms with Gasteiger partial charge in [-0.05, 0) is 44.9 Å². The van der Waals surface area contributed by atoms with Crippen LogP contribution in [0.3, 0.4) is 0 Å². The van der Waals surface area contributed by atoms with E-state index < -0.39 is 14.6 Å². The van der Waals surface area contributed by atoms with Gasteiger partial charge in [0.2, 0.25) is 0 Å². The van der Waals surface area contributed by atoms with Gasteiger partial charge < -0.3 is 15.0 Å². The molecule has 6 nitrogen and oxygen atoms in total. The minimum Gasteiger partial charge on any atom is -0.481 e. The van der Waals surface area contributed by atoms with Gasteiger partial charge in [0, 0.05) is 26.2 Å². The standard InChI is InChI=1S/C20H29N3O3S/c1-5-14-26-18-9-7-17(8-10-18)11-12-22-19(21-6-2)23-13-15-27(24,25)20(3,4)16-23/h1,7-10H,6,11-16H2,2-4H3,(H,21,22). The number of sulfone groups is 1. The van der Waals surface area contributed by atoms with Crippen LogP contribution in [-0.4, -0.2) is 62.6 Å². The monoisotopic (exact) mass is 391 g/mol. The van der Waals surface area contributed by atoms with Crippen LogP contribution < -0.4 is 10.1 Å². The third-order valence-corrected chi connectivity index (χ3v) is 7.12. The summed E-state index contributed by atoms with van der Waals surface area (Å²) in [6, 6.07) is 7.81. The molecule has 0 spiro atoms.